The fraction of sp³-hybridized carbons (Fsp3) is 0.190. The van der Waals surface area contributed by atoms with Crippen molar-refractivity contribution in [2.45, 2.75) is 25.9 Å². The normalized spacial score (nSPS) is 19.3. The molecular formula is C21H17BrN2O4. The summed E-state index contributed by atoms with van der Waals surface area (Å²) in [5.41, 5.74) is 1.04. The summed E-state index contributed by atoms with van der Waals surface area (Å²) in [6.07, 6.45) is 0. The number of hydrogen-bond acceptors (Lipinski definition) is 4. The van der Waals surface area contributed by atoms with Crippen LogP contribution in [0.25, 0.3) is 11.0 Å². The van der Waals surface area contributed by atoms with Crippen LogP contribution in [-0.4, -0.2) is 16.8 Å². The summed E-state index contributed by atoms with van der Waals surface area (Å²) in [7, 11) is 0. The summed E-state index contributed by atoms with van der Waals surface area (Å²) >= 11 is 3.34. The monoisotopic (exact) mass is 440 g/mol. The number of halogens is 1. The van der Waals surface area contributed by atoms with E-state index in [4.69, 9.17) is 4.42 Å². The summed E-state index contributed by atoms with van der Waals surface area (Å²) in [6, 6.07) is 13.6. The number of carbonyl (C=O) groups excluding carboxylic acids is 2. The van der Waals surface area contributed by atoms with Gasteiger partial charge >= 0.3 is 11.7 Å². The molecule has 0 spiro atoms. The Kier molecular flexibility index (Phi) is 4.34. The molecule has 6 nitrogen and oxygen atoms in total. The minimum Gasteiger partial charge on any atom is -0.423 e. The SMILES string of the molecule is Cc1ccc(C2(C)NC(=O)N(Cc3cc(=O)oc4cc(Br)ccc34)C2=O)cc1. The van der Waals surface area contributed by atoms with Crippen molar-refractivity contribution in [2.75, 3.05) is 0 Å². The van der Waals surface area contributed by atoms with Crippen molar-refractivity contribution in [2.24, 2.45) is 0 Å². The van der Waals surface area contributed by atoms with Gasteiger partial charge in [-0.05, 0) is 43.2 Å². The quantitative estimate of drug-likeness (QED) is 0.495. The maximum absolute atomic E-state index is 13.1. The van der Waals surface area contributed by atoms with Gasteiger partial charge in [0.15, 0.2) is 0 Å². The second-order valence-electron chi connectivity index (χ2n) is 7.04. The first kappa shape index (κ1) is 18.4. The van der Waals surface area contributed by atoms with E-state index in [0.29, 0.717) is 22.1 Å². The van der Waals surface area contributed by atoms with Crippen LogP contribution >= 0.6 is 15.9 Å². The van der Waals surface area contributed by atoms with Crippen LogP contribution in [-0.2, 0) is 16.9 Å². The fourth-order valence-corrected chi connectivity index (χ4v) is 3.77. The molecule has 2 heterocycles. The Morgan fingerprint density at radius 3 is 2.50 bits per heavy atom. The molecule has 0 bridgehead atoms. The summed E-state index contributed by atoms with van der Waals surface area (Å²) in [4.78, 5) is 38.8. The topological polar surface area (TPSA) is 79.6 Å². The average molecular weight is 441 g/mol. The van der Waals surface area contributed by atoms with E-state index in [1.54, 1.807) is 19.1 Å². The van der Waals surface area contributed by atoms with Gasteiger partial charge in [-0.2, -0.15) is 0 Å². The molecule has 142 valence electrons. The van der Waals surface area contributed by atoms with Crippen molar-refractivity contribution < 1.29 is 14.0 Å². The van der Waals surface area contributed by atoms with Gasteiger partial charge in [-0.1, -0.05) is 45.8 Å². The number of amides is 3. The molecular weight excluding hydrogens is 424 g/mol. The lowest BCUT2D eigenvalue weighted by molar-refractivity contribution is -0.131. The van der Waals surface area contributed by atoms with Crippen LogP contribution in [0.15, 0.2) is 62.2 Å². The number of carbonyl (C=O) groups is 2. The van der Waals surface area contributed by atoms with E-state index in [0.717, 1.165) is 14.9 Å². The Balaban J connectivity index is 1.72. The van der Waals surface area contributed by atoms with Gasteiger partial charge in [-0.3, -0.25) is 9.69 Å². The molecule has 3 amide bonds. The third-order valence-corrected chi connectivity index (χ3v) is 5.52. The maximum Gasteiger partial charge on any atom is 0.336 e. The predicted molar refractivity (Wildman–Crippen MR) is 108 cm³/mol. The molecule has 1 N–H and O–H groups in total. The standard InChI is InChI=1S/C21H17BrN2O4/c1-12-3-5-14(6-4-12)21(2)19(26)24(20(27)23-21)11-13-9-18(25)28-17-10-15(22)7-8-16(13)17/h3-10H,11H2,1-2H3,(H,23,27). The van der Waals surface area contributed by atoms with Crippen molar-refractivity contribution in [3.8, 4) is 0 Å². The second-order valence-corrected chi connectivity index (χ2v) is 7.96. The number of imide groups is 1. The van der Waals surface area contributed by atoms with E-state index < -0.39 is 17.2 Å². The fourth-order valence-electron chi connectivity index (χ4n) is 3.43. The van der Waals surface area contributed by atoms with E-state index >= 15 is 0 Å². The molecule has 1 atom stereocenters. The molecule has 1 aromatic heterocycles. The van der Waals surface area contributed by atoms with Gasteiger partial charge in [0, 0.05) is 15.9 Å². The third kappa shape index (κ3) is 3.01. The van der Waals surface area contributed by atoms with Crippen molar-refractivity contribution in [1.82, 2.24) is 10.2 Å². The van der Waals surface area contributed by atoms with E-state index in [2.05, 4.69) is 21.2 Å². The average Bonchev–Trinajstić information content (AvgIpc) is 2.85. The lowest BCUT2D eigenvalue weighted by Crippen LogP contribution is -2.40. The van der Waals surface area contributed by atoms with Crippen LogP contribution in [0.3, 0.4) is 0 Å². The zero-order chi connectivity index (χ0) is 20.1. The van der Waals surface area contributed by atoms with E-state index in [1.807, 2.05) is 37.3 Å². The Labute approximate surface area is 169 Å². The lowest BCUT2D eigenvalue weighted by Gasteiger charge is -2.22. The highest BCUT2D eigenvalue weighted by molar-refractivity contribution is 9.10. The number of benzene rings is 2. The molecule has 3 aromatic rings. The van der Waals surface area contributed by atoms with E-state index in [-0.39, 0.29) is 12.5 Å². The predicted octanol–water partition coefficient (Wildman–Crippen LogP) is 3.83. The number of rotatable bonds is 3. The number of aryl methyl sites for hydroxylation is 1. The molecule has 0 aliphatic carbocycles. The zero-order valence-electron chi connectivity index (χ0n) is 15.3. The highest BCUT2D eigenvalue weighted by Gasteiger charge is 2.48. The Morgan fingerprint density at radius 2 is 1.79 bits per heavy atom. The molecule has 1 aliphatic heterocycles. The lowest BCUT2D eigenvalue weighted by atomic mass is 9.91. The van der Waals surface area contributed by atoms with E-state index in [9.17, 15) is 14.4 Å². The Hall–Kier alpha value is -2.93. The van der Waals surface area contributed by atoms with Gasteiger partial charge in [0.25, 0.3) is 5.91 Å². The van der Waals surface area contributed by atoms with Crippen molar-refractivity contribution >= 4 is 38.8 Å². The van der Waals surface area contributed by atoms with Crippen LogP contribution in [0.5, 0.6) is 0 Å². The summed E-state index contributed by atoms with van der Waals surface area (Å²) in [5, 5.41) is 3.46. The minimum absolute atomic E-state index is 0.0180. The first-order chi connectivity index (χ1) is 13.3. The van der Waals surface area contributed by atoms with Crippen molar-refractivity contribution in [3.63, 3.8) is 0 Å². The molecule has 28 heavy (non-hydrogen) atoms. The van der Waals surface area contributed by atoms with Gasteiger partial charge in [0.2, 0.25) is 0 Å². The molecule has 1 saturated heterocycles. The van der Waals surface area contributed by atoms with Crippen molar-refractivity contribution in [1.29, 1.82) is 0 Å². The number of fused-ring (bicyclic) bond motifs is 1. The van der Waals surface area contributed by atoms with Crippen LogP contribution in [0.2, 0.25) is 0 Å². The second kappa shape index (κ2) is 6.60. The minimum atomic E-state index is -1.15. The van der Waals surface area contributed by atoms with Crippen molar-refractivity contribution in [3.05, 3.63) is 80.1 Å². The Bertz CT molecular complexity index is 1170. The number of nitrogens with zero attached hydrogens (tertiary/aromatic N) is 1. The number of hydrogen-bond donors (Lipinski definition) is 1. The summed E-state index contributed by atoms with van der Waals surface area (Å²) in [5.74, 6) is -0.361. The van der Waals surface area contributed by atoms with Crippen LogP contribution in [0, 0.1) is 6.92 Å². The molecule has 0 saturated carbocycles. The molecule has 1 fully saturated rings. The molecule has 7 heteroatoms. The number of nitrogens with one attached hydrogen (secondary N) is 1. The molecule has 4 rings (SSSR count). The molecule has 1 aliphatic rings. The Morgan fingerprint density at radius 1 is 1.07 bits per heavy atom. The van der Waals surface area contributed by atoms with Gasteiger partial charge in [-0.25, -0.2) is 9.59 Å². The van der Waals surface area contributed by atoms with Crippen LogP contribution < -0.4 is 10.9 Å². The molecule has 2 aromatic carbocycles. The van der Waals surface area contributed by atoms with Crippen LogP contribution in [0.1, 0.15) is 23.6 Å². The van der Waals surface area contributed by atoms with Gasteiger partial charge in [-0.15, -0.1) is 0 Å². The third-order valence-electron chi connectivity index (χ3n) is 5.02. The van der Waals surface area contributed by atoms with Gasteiger partial charge in [0.05, 0.1) is 6.54 Å². The highest BCUT2D eigenvalue weighted by Crippen LogP contribution is 2.31. The first-order valence-corrected chi connectivity index (χ1v) is 9.51. The summed E-state index contributed by atoms with van der Waals surface area (Å²) in [6.45, 7) is 3.63. The zero-order valence-corrected chi connectivity index (χ0v) is 16.9. The van der Waals surface area contributed by atoms with Crippen LogP contribution in [0.4, 0.5) is 4.79 Å². The number of urea groups is 1. The highest BCUT2D eigenvalue weighted by atomic mass is 79.9. The van der Waals surface area contributed by atoms with Gasteiger partial charge < -0.3 is 9.73 Å². The smallest absolute Gasteiger partial charge is 0.336 e. The molecule has 1 unspecified atom stereocenters. The first-order valence-electron chi connectivity index (χ1n) is 8.71. The summed E-state index contributed by atoms with van der Waals surface area (Å²) < 4.78 is 6.00. The maximum atomic E-state index is 13.1. The van der Waals surface area contributed by atoms with Gasteiger partial charge in [0.1, 0.15) is 11.1 Å². The van der Waals surface area contributed by atoms with E-state index in [1.165, 1.54) is 6.07 Å². The largest absolute Gasteiger partial charge is 0.423 e. The molecule has 0 radical (unpaired) electrons.